The Bertz CT molecular complexity index is 465. The van der Waals surface area contributed by atoms with Gasteiger partial charge in [0, 0.05) is 39.0 Å². The number of carbonyl (C=O) groups is 1. The van der Waals surface area contributed by atoms with Crippen LogP contribution < -0.4 is 5.32 Å². The first-order valence-corrected chi connectivity index (χ1v) is 7.63. The van der Waals surface area contributed by atoms with E-state index in [2.05, 4.69) is 28.2 Å². The van der Waals surface area contributed by atoms with E-state index in [0.29, 0.717) is 6.54 Å². The highest BCUT2D eigenvalue weighted by Gasteiger charge is 2.20. The predicted octanol–water partition coefficient (Wildman–Crippen LogP) is 1.16. The quantitative estimate of drug-likeness (QED) is 0.854. The number of aryl methyl sites for hydroxylation is 2. The average molecular weight is 291 g/mol. The summed E-state index contributed by atoms with van der Waals surface area (Å²) in [5.74, 6) is 0.00257. The molecule has 0 aliphatic carbocycles. The van der Waals surface area contributed by atoms with Crippen molar-refractivity contribution in [2.24, 2.45) is 0 Å². The lowest BCUT2D eigenvalue weighted by atomic mass is 10.1. The Morgan fingerprint density at radius 2 is 2.43 bits per heavy atom. The summed E-state index contributed by atoms with van der Waals surface area (Å²) in [6, 6.07) is 2.06. The molecule has 5 nitrogen and oxygen atoms in total. The molecule has 0 aromatic carbocycles. The minimum Gasteiger partial charge on any atom is -0.374 e. The minimum atomic E-state index is 0.00257. The van der Waals surface area contributed by atoms with Crippen molar-refractivity contribution in [2.45, 2.75) is 32.8 Å². The van der Waals surface area contributed by atoms with E-state index in [1.807, 2.05) is 12.4 Å². The van der Waals surface area contributed by atoms with Crippen LogP contribution in [0.15, 0.2) is 18.5 Å². The lowest BCUT2D eigenvalue weighted by Crippen LogP contribution is -2.47. The van der Waals surface area contributed by atoms with Crippen LogP contribution in [-0.4, -0.2) is 54.7 Å². The molecule has 0 radical (unpaired) electrons. The molecule has 1 aromatic rings. The molecular formula is C16H25N3O2. The van der Waals surface area contributed by atoms with Gasteiger partial charge in [0.05, 0.1) is 12.7 Å². The summed E-state index contributed by atoms with van der Waals surface area (Å²) in [6.07, 6.45) is 6.11. The second kappa shape index (κ2) is 8.10. The lowest BCUT2D eigenvalue weighted by molar-refractivity contribution is -0.120. The zero-order valence-electron chi connectivity index (χ0n) is 13.0. The van der Waals surface area contributed by atoms with Crippen LogP contribution in [-0.2, 0) is 16.0 Å². The van der Waals surface area contributed by atoms with E-state index in [1.54, 1.807) is 0 Å². The van der Waals surface area contributed by atoms with Crippen molar-refractivity contribution in [3.8, 4) is 0 Å². The van der Waals surface area contributed by atoms with Crippen molar-refractivity contribution in [3.63, 3.8) is 0 Å². The first kappa shape index (κ1) is 15.9. The van der Waals surface area contributed by atoms with Crippen LogP contribution >= 0.6 is 0 Å². The minimum absolute atomic E-state index is 0.00257. The van der Waals surface area contributed by atoms with Crippen molar-refractivity contribution in [2.75, 3.05) is 32.8 Å². The lowest BCUT2D eigenvalue weighted by Gasteiger charge is -2.33. The SMILES string of the molecule is CC(=O)NC[C@H]1CN(CCCc2cnccc2C)CCO1. The number of rotatable bonds is 6. The van der Waals surface area contributed by atoms with Gasteiger partial charge in [0.1, 0.15) is 0 Å². The van der Waals surface area contributed by atoms with E-state index in [9.17, 15) is 4.79 Å². The first-order chi connectivity index (χ1) is 10.1. The number of nitrogens with one attached hydrogen (secondary N) is 1. The molecule has 5 heteroatoms. The summed E-state index contributed by atoms with van der Waals surface area (Å²) in [5.41, 5.74) is 2.65. The van der Waals surface area contributed by atoms with Gasteiger partial charge in [0.25, 0.3) is 0 Å². The molecule has 1 saturated heterocycles. The van der Waals surface area contributed by atoms with Crippen LogP contribution in [0.5, 0.6) is 0 Å². The van der Waals surface area contributed by atoms with Gasteiger partial charge in [-0.15, -0.1) is 0 Å². The summed E-state index contributed by atoms with van der Waals surface area (Å²) in [6.45, 7) is 7.96. The molecule has 0 bridgehead atoms. The highest BCUT2D eigenvalue weighted by Crippen LogP contribution is 2.10. The fourth-order valence-electron chi connectivity index (χ4n) is 2.62. The van der Waals surface area contributed by atoms with Crippen LogP contribution in [0.25, 0.3) is 0 Å². The van der Waals surface area contributed by atoms with Crippen molar-refractivity contribution in [3.05, 3.63) is 29.6 Å². The van der Waals surface area contributed by atoms with Gasteiger partial charge < -0.3 is 10.1 Å². The predicted molar refractivity (Wildman–Crippen MR) is 82.2 cm³/mol. The van der Waals surface area contributed by atoms with Crippen LogP contribution in [0.1, 0.15) is 24.5 Å². The molecule has 1 aromatic heterocycles. The first-order valence-electron chi connectivity index (χ1n) is 7.63. The fourth-order valence-corrected chi connectivity index (χ4v) is 2.62. The zero-order chi connectivity index (χ0) is 15.1. The van der Waals surface area contributed by atoms with Crippen LogP contribution in [0.4, 0.5) is 0 Å². The summed E-state index contributed by atoms with van der Waals surface area (Å²) in [4.78, 5) is 17.6. The maximum absolute atomic E-state index is 10.9. The van der Waals surface area contributed by atoms with Crippen LogP contribution in [0, 0.1) is 6.92 Å². The Kier molecular flexibility index (Phi) is 6.14. The molecule has 1 N–H and O–H groups in total. The van der Waals surface area contributed by atoms with E-state index in [4.69, 9.17) is 4.74 Å². The molecular weight excluding hydrogens is 266 g/mol. The summed E-state index contributed by atoms with van der Waals surface area (Å²) in [7, 11) is 0. The Morgan fingerprint density at radius 1 is 1.57 bits per heavy atom. The third kappa shape index (κ3) is 5.44. The van der Waals surface area contributed by atoms with Crippen molar-refractivity contribution < 1.29 is 9.53 Å². The Morgan fingerprint density at radius 3 is 3.19 bits per heavy atom. The largest absolute Gasteiger partial charge is 0.374 e. The third-order valence-corrected chi connectivity index (χ3v) is 3.87. The van der Waals surface area contributed by atoms with Gasteiger partial charge in [-0.25, -0.2) is 0 Å². The molecule has 116 valence electrons. The summed E-state index contributed by atoms with van der Waals surface area (Å²) >= 11 is 0. The average Bonchev–Trinajstić information content (AvgIpc) is 2.48. The van der Waals surface area contributed by atoms with E-state index in [1.165, 1.54) is 18.1 Å². The molecule has 1 amide bonds. The third-order valence-electron chi connectivity index (χ3n) is 3.87. The fraction of sp³-hybridized carbons (Fsp3) is 0.625. The monoisotopic (exact) mass is 291 g/mol. The number of ether oxygens (including phenoxy) is 1. The molecule has 1 atom stereocenters. The van der Waals surface area contributed by atoms with Gasteiger partial charge >= 0.3 is 0 Å². The maximum Gasteiger partial charge on any atom is 0.216 e. The maximum atomic E-state index is 10.9. The second-order valence-electron chi connectivity index (χ2n) is 5.64. The van der Waals surface area contributed by atoms with Crippen molar-refractivity contribution in [1.29, 1.82) is 0 Å². The number of hydrogen-bond acceptors (Lipinski definition) is 4. The molecule has 0 spiro atoms. The normalized spacial score (nSPS) is 19.4. The standard InChI is InChI=1S/C16H25N3O2/c1-13-5-6-17-10-15(13)4-3-7-19-8-9-21-16(12-19)11-18-14(2)20/h5-6,10,16H,3-4,7-9,11-12H2,1-2H3,(H,18,20)/t16-/m0/s1. The summed E-state index contributed by atoms with van der Waals surface area (Å²) < 4.78 is 5.68. The number of morpholine rings is 1. The molecule has 1 aliphatic rings. The summed E-state index contributed by atoms with van der Waals surface area (Å²) in [5, 5.41) is 2.83. The number of hydrogen-bond donors (Lipinski definition) is 1. The Balaban J connectivity index is 1.70. The number of nitrogens with zero attached hydrogens (tertiary/aromatic N) is 2. The van der Waals surface area contributed by atoms with E-state index in [0.717, 1.165) is 39.1 Å². The van der Waals surface area contributed by atoms with E-state index in [-0.39, 0.29) is 12.0 Å². The van der Waals surface area contributed by atoms with Gasteiger partial charge in [0.2, 0.25) is 5.91 Å². The number of pyridine rings is 1. The Labute approximate surface area is 126 Å². The van der Waals surface area contributed by atoms with Gasteiger partial charge in [-0.1, -0.05) is 0 Å². The van der Waals surface area contributed by atoms with Crippen LogP contribution in [0.3, 0.4) is 0 Å². The topological polar surface area (TPSA) is 54.5 Å². The van der Waals surface area contributed by atoms with Gasteiger partial charge in [0.15, 0.2) is 0 Å². The molecule has 1 fully saturated rings. The van der Waals surface area contributed by atoms with Gasteiger partial charge in [-0.05, 0) is 43.5 Å². The number of aromatic nitrogens is 1. The van der Waals surface area contributed by atoms with Crippen molar-refractivity contribution >= 4 is 5.91 Å². The highest BCUT2D eigenvalue weighted by molar-refractivity contribution is 5.72. The Hall–Kier alpha value is -1.46. The smallest absolute Gasteiger partial charge is 0.216 e. The number of carbonyl (C=O) groups excluding carboxylic acids is 1. The van der Waals surface area contributed by atoms with Gasteiger partial charge in [-0.3, -0.25) is 14.7 Å². The molecule has 0 unspecified atom stereocenters. The van der Waals surface area contributed by atoms with Crippen molar-refractivity contribution in [1.82, 2.24) is 15.2 Å². The molecule has 2 heterocycles. The molecule has 2 rings (SSSR count). The van der Waals surface area contributed by atoms with Gasteiger partial charge in [-0.2, -0.15) is 0 Å². The molecule has 21 heavy (non-hydrogen) atoms. The van der Waals surface area contributed by atoms with E-state index < -0.39 is 0 Å². The molecule has 1 aliphatic heterocycles. The number of amides is 1. The second-order valence-corrected chi connectivity index (χ2v) is 5.64. The molecule has 0 saturated carbocycles. The zero-order valence-corrected chi connectivity index (χ0v) is 13.0. The van der Waals surface area contributed by atoms with E-state index >= 15 is 0 Å². The highest BCUT2D eigenvalue weighted by atomic mass is 16.5. The van der Waals surface area contributed by atoms with Crippen LogP contribution in [0.2, 0.25) is 0 Å².